The maximum Gasteiger partial charge on any atom is 0.348 e. The first-order valence-corrected chi connectivity index (χ1v) is 9.62. The third kappa shape index (κ3) is 4.01. The first-order chi connectivity index (χ1) is 15.5. The zero-order valence-electron chi connectivity index (χ0n) is 17.0. The van der Waals surface area contributed by atoms with Crippen molar-refractivity contribution in [2.45, 2.75) is 6.92 Å². The number of aryl methyl sites for hydroxylation is 1. The van der Waals surface area contributed by atoms with Crippen LogP contribution in [0.25, 0.3) is 33.1 Å². The van der Waals surface area contributed by atoms with Gasteiger partial charge in [0.25, 0.3) is 0 Å². The maximum absolute atomic E-state index is 12.1. The quantitative estimate of drug-likeness (QED) is 0.432. The molecule has 0 aliphatic rings. The first-order valence-electron chi connectivity index (χ1n) is 9.62. The molecule has 3 N–H and O–H groups in total. The maximum atomic E-state index is 12.1. The lowest BCUT2D eigenvalue weighted by atomic mass is 10.0. The number of hydrogen-bond donors (Lipinski definition) is 2. The molecule has 0 bridgehead atoms. The van der Waals surface area contributed by atoms with E-state index in [4.69, 9.17) is 15.3 Å². The minimum Gasteiger partial charge on any atom is -0.478 e. The number of nitrogens with two attached hydrogens (primary N) is 1. The summed E-state index contributed by atoms with van der Waals surface area (Å²) in [7, 11) is 0. The Morgan fingerprint density at radius 2 is 1.66 bits per heavy atom. The highest BCUT2D eigenvalue weighted by molar-refractivity contribution is 5.97. The highest BCUT2D eigenvalue weighted by Gasteiger charge is 2.12. The van der Waals surface area contributed by atoms with Crippen molar-refractivity contribution in [3.8, 4) is 11.5 Å². The van der Waals surface area contributed by atoms with E-state index in [2.05, 4.69) is 27.9 Å². The second-order valence-corrected chi connectivity index (χ2v) is 6.94. The van der Waals surface area contributed by atoms with Crippen LogP contribution in [-0.2, 0) is 0 Å². The number of nitrogens with zero attached hydrogens (tertiary/aromatic N) is 3. The van der Waals surface area contributed by atoms with E-state index in [0.717, 1.165) is 16.3 Å². The summed E-state index contributed by atoms with van der Waals surface area (Å²) in [5.41, 5.74) is 7.74. The number of aromatic carboxylic acids is 1. The van der Waals surface area contributed by atoms with Crippen LogP contribution in [0.2, 0.25) is 0 Å². The molecular weight excluding hydrogens is 408 g/mol. The normalized spacial score (nSPS) is 10.5. The van der Waals surface area contributed by atoms with Crippen LogP contribution in [0.3, 0.4) is 0 Å². The molecule has 0 saturated heterocycles. The predicted molar refractivity (Wildman–Crippen MR) is 121 cm³/mol. The SMILES string of the molecule is Cc1ccc(-c2nc3ccncc3c(=O)o2)c2ccccc12.Nc1ccncc1C(=O)O. The number of carboxylic acids is 1. The van der Waals surface area contributed by atoms with Crippen LogP contribution in [0.15, 0.2) is 82.5 Å². The fraction of sp³-hybridized carbons (Fsp3) is 0.0417. The molecule has 3 heterocycles. The number of anilines is 1. The lowest BCUT2D eigenvalue weighted by molar-refractivity contribution is 0.0697. The predicted octanol–water partition coefficient (Wildman–Crippen LogP) is 4.07. The van der Waals surface area contributed by atoms with Gasteiger partial charge in [0.05, 0.1) is 5.52 Å². The summed E-state index contributed by atoms with van der Waals surface area (Å²) in [4.78, 5) is 34.5. The zero-order valence-corrected chi connectivity index (χ0v) is 17.0. The van der Waals surface area contributed by atoms with E-state index in [9.17, 15) is 9.59 Å². The van der Waals surface area contributed by atoms with E-state index in [-0.39, 0.29) is 11.3 Å². The number of benzene rings is 2. The summed E-state index contributed by atoms with van der Waals surface area (Å²) in [6, 6.07) is 15.1. The largest absolute Gasteiger partial charge is 0.478 e. The van der Waals surface area contributed by atoms with Crippen LogP contribution in [-0.4, -0.2) is 26.0 Å². The van der Waals surface area contributed by atoms with Crippen molar-refractivity contribution >= 4 is 33.3 Å². The molecule has 0 amide bonds. The Labute approximate surface area is 182 Å². The van der Waals surface area contributed by atoms with Crippen LogP contribution < -0.4 is 11.4 Å². The van der Waals surface area contributed by atoms with Gasteiger partial charge in [-0.05, 0) is 41.5 Å². The van der Waals surface area contributed by atoms with Crippen molar-refractivity contribution < 1.29 is 14.3 Å². The third-order valence-corrected chi connectivity index (χ3v) is 4.89. The lowest BCUT2D eigenvalue weighted by Crippen LogP contribution is -2.03. The van der Waals surface area contributed by atoms with Crippen LogP contribution in [0.5, 0.6) is 0 Å². The molecule has 8 heteroatoms. The van der Waals surface area contributed by atoms with Crippen molar-refractivity contribution in [2.24, 2.45) is 0 Å². The van der Waals surface area contributed by atoms with Gasteiger partial charge in [-0.1, -0.05) is 30.3 Å². The van der Waals surface area contributed by atoms with Gasteiger partial charge in [-0.2, -0.15) is 0 Å². The second-order valence-electron chi connectivity index (χ2n) is 6.94. The minimum absolute atomic E-state index is 0.0440. The molecule has 0 aliphatic heterocycles. The molecule has 32 heavy (non-hydrogen) atoms. The van der Waals surface area contributed by atoms with Gasteiger partial charge >= 0.3 is 11.6 Å². The van der Waals surface area contributed by atoms with Gasteiger partial charge in [0, 0.05) is 36.0 Å². The van der Waals surface area contributed by atoms with E-state index in [0.29, 0.717) is 16.8 Å². The molecule has 0 saturated carbocycles. The van der Waals surface area contributed by atoms with Gasteiger partial charge in [0.15, 0.2) is 0 Å². The van der Waals surface area contributed by atoms with E-state index >= 15 is 0 Å². The summed E-state index contributed by atoms with van der Waals surface area (Å²) in [6.45, 7) is 2.06. The Morgan fingerprint density at radius 1 is 0.938 bits per heavy atom. The van der Waals surface area contributed by atoms with Gasteiger partial charge in [-0.15, -0.1) is 0 Å². The van der Waals surface area contributed by atoms with Gasteiger partial charge in [0.1, 0.15) is 10.9 Å². The first kappa shape index (κ1) is 20.7. The Kier molecular flexibility index (Phi) is 5.59. The molecule has 158 valence electrons. The number of nitrogen functional groups attached to an aromatic ring is 1. The van der Waals surface area contributed by atoms with Crippen molar-refractivity contribution in [1.82, 2.24) is 15.0 Å². The molecule has 0 radical (unpaired) electrons. The molecule has 8 nitrogen and oxygen atoms in total. The number of carbonyl (C=O) groups is 1. The standard InChI is InChI=1S/C18H12N2O2.C6H6N2O2/c1-11-6-7-14(13-5-3-2-4-12(11)13)17-20-16-8-9-19-10-15(16)18(21)22-17;7-5-1-2-8-3-4(5)6(9)10/h2-10H,1H3;1-3H,(H2,7,8)(H,9,10). The summed E-state index contributed by atoms with van der Waals surface area (Å²) < 4.78 is 5.42. The van der Waals surface area contributed by atoms with Crippen LogP contribution in [0.4, 0.5) is 5.69 Å². The number of rotatable bonds is 2. The Bertz CT molecular complexity index is 1510. The number of carboxylic acid groups (broad SMARTS) is 1. The molecule has 0 unspecified atom stereocenters. The van der Waals surface area contributed by atoms with Crippen molar-refractivity contribution in [2.75, 3.05) is 5.73 Å². The van der Waals surface area contributed by atoms with Gasteiger partial charge < -0.3 is 15.3 Å². The second kappa shape index (κ2) is 8.65. The molecule has 5 rings (SSSR count). The molecule has 3 aromatic heterocycles. The topological polar surface area (TPSA) is 132 Å². The summed E-state index contributed by atoms with van der Waals surface area (Å²) in [6.07, 6.45) is 5.76. The summed E-state index contributed by atoms with van der Waals surface area (Å²) in [5.74, 6) is -0.717. The molecule has 2 aromatic carbocycles. The van der Waals surface area contributed by atoms with E-state index < -0.39 is 11.6 Å². The van der Waals surface area contributed by atoms with Gasteiger partial charge in [0.2, 0.25) is 5.89 Å². The number of hydrogen-bond acceptors (Lipinski definition) is 7. The smallest absolute Gasteiger partial charge is 0.348 e. The highest BCUT2D eigenvalue weighted by Crippen LogP contribution is 2.29. The number of fused-ring (bicyclic) bond motifs is 2. The Hall–Kier alpha value is -4.59. The number of aromatic nitrogens is 3. The van der Waals surface area contributed by atoms with Crippen LogP contribution in [0.1, 0.15) is 15.9 Å². The lowest BCUT2D eigenvalue weighted by Gasteiger charge is -2.08. The molecule has 0 fully saturated rings. The van der Waals surface area contributed by atoms with Crippen LogP contribution >= 0.6 is 0 Å². The van der Waals surface area contributed by atoms with E-state index in [1.807, 2.05) is 30.3 Å². The monoisotopic (exact) mass is 426 g/mol. The van der Waals surface area contributed by atoms with Crippen molar-refractivity contribution in [3.63, 3.8) is 0 Å². The fourth-order valence-corrected chi connectivity index (χ4v) is 3.25. The van der Waals surface area contributed by atoms with Gasteiger partial charge in [-0.25, -0.2) is 14.6 Å². The van der Waals surface area contributed by atoms with Crippen LogP contribution in [0, 0.1) is 6.92 Å². The average Bonchev–Trinajstić information content (AvgIpc) is 2.80. The van der Waals surface area contributed by atoms with Crippen molar-refractivity contribution in [1.29, 1.82) is 0 Å². The minimum atomic E-state index is -1.05. The Morgan fingerprint density at radius 3 is 2.38 bits per heavy atom. The van der Waals surface area contributed by atoms with Crippen molar-refractivity contribution in [3.05, 3.63) is 94.9 Å². The molecular formula is C24H18N4O4. The fourth-order valence-electron chi connectivity index (χ4n) is 3.25. The summed E-state index contributed by atoms with van der Waals surface area (Å²) >= 11 is 0. The number of pyridine rings is 2. The molecule has 5 aromatic rings. The Balaban J connectivity index is 0.000000207. The van der Waals surface area contributed by atoms with E-state index in [1.165, 1.54) is 30.2 Å². The average molecular weight is 426 g/mol. The molecule has 0 atom stereocenters. The molecule has 0 aliphatic carbocycles. The van der Waals surface area contributed by atoms with E-state index in [1.54, 1.807) is 12.3 Å². The summed E-state index contributed by atoms with van der Waals surface area (Å²) in [5, 5.41) is 11.0. The molecule has 0 spiro atoms. The van der Waals surface area contributed by atoms with Gasteiger partial charge in [-0.3, -0.25) is 9.97 Å². The third-order valence-electron chi connectivity index (χ3n) is 4.89. The zero-order chi connectivity index (χ0) is 22.7. The highest BCUT2D eigenvalue weighted by atomic mass is 16.4.